The number of rotatable bonds is 3. The zero-order valence-electron chi connectivity index (χ0n) is 12.0. The van der Waals surface area contributed by atoms with Gasteiger partial charge >= 0.3 is 0 Å². The third-order valence-corrected chi connectivity index (χ3v) is 4.35. The number of nitrogens with one attached hydrogen (secondary N) is 1. The highest BCUT2D eigenvalue weighted by Gasteiger charge is 2.20. The molecular formula is C16H23N3O. The van der Waals surface area contributed by atoms with Crippen molar-refractivity contribution in [2.24, 2.45) is 0 Å². The monoisotopic (exact) mass is 273 g/mol. The summed E-state index contributed by atoms with van der Waals surface area (Å²) in [7, 11) is 0. The van der Waals surface area contributed by atoms with E-state index in [1.54, 1.807) is 6.20 Å². The predicted octanol–water partition coefficient (Wildman–Crippen LogP) is 3.06. The zero-order valence-corrected chi connectivity index (χ0v) is 12.0. The van der Waals surface area contributed by atoms with Gasteiger partial charge in [-0.05, 0) is 44.2 Å². The molecule has 2 aliphatic rings. The Balaban J connectivity index is 1.67. The van der Waals surface area contributed by atoms with Crippen molar-refractivity contribution in [2.45, 2.75) is 51.0 Å². The maximum absolute atomic E-state index is 12.4. The third kappa shape index (κ3) is 3.11. The van der Waals surface area contributed by atoms with Gasteiger partial charge in [0, 0.05) is 31.0 Å². The minimum absolute atomic E-state index is 0.0831. The van der Waals surface area contributed by atoms with Crippen molar-refractivity contribution in [3.05, 3.63) is 24.0 Å². The molecule has 3 rings (SSSR count). The van der Waals surface area contributed by atoms with Crippen LogP contribution in [-0.2, 0) is 0 Å². The van der Waals surface area contributed by atoms with Crippen LogP contribution in [-0.4, -0.2) is 34.9 Å². The van der Waals surface area contributed by atoms with E-state index < -0.39 is 0 Å². The number of carbonyl (C=O) groups is 1. The third-order valence-electron chi connectivity index (χ3n) is 4.35. The molecule has 108 valence electrons. The van der Waals surface area contributed by atoms with E-state index in [0.29, 0.717) is 11.7 Å². The Morgan fingerprint density at radius 3 is 2.65 bits per heavy atom. The molecule has 1 N–H and O–H groups in total. The lowest BCUT2D eigenvalue weighted by molar-refractivity contribution is 0.0718. The summed E-state index contributed by atoms with van der Waals surface area (Å²) in [5.41, 5.74) is 1.61. The first-order valence-corrected chi connectivity index (χ1v) is 7.85. The fourth-order valence-electron chi connectivity index (χ4n) is 3.20. The van der Waals surface area contributed by atoms with Crippen LogP contribution in [0.4, 0.5) is 5.69 Å². The first-order chi connectivity index (χ1) is 9.83. The summed E-state index contributed by atoms with van der Waals surface area (Å²) in [6.45, 7) is 1.75. The van der Waals surface area contributed by atoms with Crippen LogP contribution >= 0.6 is 0 Å². The molecule has 2 heterocycles. The Kier molecular flexibility index (Phi) is 4.19. The summed E-state index contributed by atoms with van der Waals surface area (Å²) in [4.78, 5) is 18.6. The van der Waals surface area contributed by atoms with Gasteiger partial charge in [-0.25, -0.2) is 0 Å². The Labute approximate surface area is 120 Å². The predicted molar refractivity (Wildman–Crippen MR) is 79.9 cm³/mol. The summed E-state index contributed by atoms with van der Waals surface area (Å²) in [6, 6.07) is 4.44. The Bertz CT molecular complexity index is 463. The van der Waals surface area contributed by atoms with Gasteiger partial charge < -0.3 is 10.2 Å². The number of amides is 1. The quantitative estimate of drug-likeness (QED) is 0.920. The van der Waals surface area contributed by atoms with E-state index in [0.717, 1.165) is 31.6 Å². The van der Waals surface area contributed by atoms with Crippen LogP contribution < -0.4 is 5.32 Å². The van der Waals surface area contributed by atoms with E-state index >= 15 is 0 Å². The highest BCUT2D eigenvalue weighted by molar-refractivity contribution is 5.93. The minimum Gasteiger partial charge on any atom is -0.382 e. The summed E-state index contributed by atoms with van der Waals surface area (Å²) < 4.78 is 0. The van der Waals surface area contributed by atoms with Gasteiger partial charge in [0.15, 0.2) is 0 Å². The van der Waals surface area contributed by atoms with Gasteiger partial charge in [0.05, 0.1) is 0 Å². The zero-order chi connectivity index (χ0) is 13.8. The molecule has 0 atom stereocenters. The first-order valence-electron chi connectivity index (χ1n) is 7.85. The minimum atomic E-state index is 0.0831. The van der Waals surface area contributed by atoms with Gasteiger partial charge in [-0.1, -0.05) is 12.8 Å². The maximum atomic E-state index is 12.4. The SMILES string of the molecule is O=C(c1cc(NC2CCCC2)ccn1)N1CCCCC1. The molecule has 4 nitrogen and oxygen atoms in total. The van der Waals surface area contributed by atoms with Gasteiger partial charge in [0.25, 0.3) is 5.91 Å². The van der Waals surface area contributed by atoms with E-state index in [9.17, 15) is 4.79 Å². The van der Waals surface area contributed by atoms with Crippen molar-refractivity contribution in [3.8, 4) is 0 Å². The second-order valence-electron chi connectivity index (χ2n) is 5.91. The Morgan fingerprint density at radius 1 is 1.15 bits per heavy atom. The molecule has 0 bridgehead atoms. The lowest BCUT2D eigenvalue weighted by atomic mass is 10.1. The second-order valence-corrected chi connectivity index (χ2v) is 5.91. The number of likely N-dealkylation sites (tertiary alicyclic amines) is 1. The number of hydrogen-bond donors (Lipinski definition) is 1. The van der Waals surface area contributed by atoms with Crippen LogP contribution in [0, 0.1) is 0 Å². The van der Waals surface area contributed by atoms with Crippen LogP contribution in [0.3, 0.4) is 0 Å². The number of nitrogens with zero attached hydrogens (tertiary/aromatic N) is 2. The van der Waals surface area contributed by atoms with E-state index in [1.165, 1.54) is 32.1 Å². The lowest BCUT2D eigenvalue weighted by Gasteiger charge is -2.26. The number of piperidine rings is 1. The van der Waals surface area contributed by atoms with Crippen molar-refractivity contribution >= 4 is 11.6 Å². The Hall–Kier alpha value is -1.58. The molecule has 4 heteroatoms. The summed E-state index contributed by atoms with van der Waals surface area (Å²) in [5, 5.41) is 3.53. The van der Waals surface area contributed by atoms with E-state index in [4.69, 9.17) is 0 Å². The molecule has 1 aliphatic carbocycles. The van der Waals surface area contributed by atoms with Crippen molar-refractivity contribution < 1.29 is 4.79 Å². The standard InChI is InChI=1S/C16H23N3O/c20-16(19-10-4-1-5-11-19)15-12-14(8-9-17-15)18-13-6-2-3-7-13/h8-9,12-13H,1-7,10-11H2,(H,17,18). The van der Waals surface area contributed by atoms with Crippen molar-refractivity contribution in [1.29, 1.82) is 0 Å². The van der Waals surface area contributed by atoms with E-state index in [-0.39, 0.29) is 5.91 Å². The molecular weight excluding hydrogens is 250 g/mol. The highest BCUT2D eigenvalue weighted by atomic mass is 16.2. The second kappa shape index (κ2) is 6.25. The molecule has 0 unspecified atom stereocenters. The number of hydrogen-bond acceptors (Lipinski definition) is 3. The average Bonchev–Trinajstić information content (AvgIpc) is 3.01. The smallest absolute Gasteiger partial charge is 0.272 e. The summed E-state index contributed by atoms with van der Waals surface area (Å²) in [5.74, 6) is 0.0831. The molecule has 1 aliphatic heterocycles. The van der Waals surface area contributed by atoms with Crippen molar-refractivity contribution in [3.63, 3.8) is 0 Å². The molecule has 0 aromatic carbocycles. The fourth-order valence-corrected chi connectivity index (χ4v) is 3.20. The van der Waals surface area contributed by atoms with E-state index in [1.807, 2.05) is 17.0 Å². The van der Waals surface area contributed by atoms with Gasteiger partial charge in [0.2, 0.25) is 0 Å². The number of carbonyl (C=O) groups excluding carboxylic acids is 1. The van der Waals surface area contributed by atoms with Gasteiger partial charge in [-0.15, -0.1) is 0 Å². The van der Waals surface area contributed by atoms with Crippen molar-refractivity contribution in [1.82, 2.24) is 9.88 Å². The topological polar surface area (TPSA) is 45.2 Å². The van der Waals surface area contributed by atoms with Gasteiger partial charge in [0.1, 0.15) is 5.69 Å². The molecule has 1 aromatic heterocycles. The number of anilines is 1. The summed E-state index contributed by atoms with van der Waals surface area (Å²) in [6.07, 6.45) is 10.3. The van der Waals surface area contributed by atoms with Gasteiger partial charge in [-0.3, -0.25) is 9.78 Å². The Morgan fingerprint density at radius 2 is 1.90 bits per heavy atom. The van der Waals surface area contributed by atoms with Crippen LogP contribution in [0.15, 0.2) is 18.3 Å². The first kappa shape index (κ1) is 13.4. The fraction of sp³-hybridized carbons (Fsp3) is 0.625. The maximum Gasteiger partial charge on any atom is 0.272 e. The highest BCUT2D eigenvalue weighted by Crippen LogP contribution is 2.22. The number of aromatic nitrogens is 1. The molecule has 1 saturated carbocycles. The van der Waals surface area contributed by atoms with Crippen LogP contribution in [0.5, 0.6) is 0 Å². The van der Waals surface area contributed by atoms with Crippen molar-refractivity contribution in [2.75, 3.05) is 18.4 Å². The van der Waals surface area contributed by atoms with Gasteiger partial charge in [-0.2, -0.15) is 0 Å². The molecule has 1 amide bonds. The molecule has 1 saturated heterocycles. The molecule has 0 spiro atoms. The average molecular weight is 273 g/mol. The molecule has 20 heavy (non-hydrogen) atoms. The lowest BCUT2D eigenvalue weighted by Crippen LogP contribution is -2.36. The molecule has 2 fully saturated rings. The largest absolute Gasteiger partial charge is 0.382 e. The normalized spacial score (nSPS) is 20.1. The van der Waals surface area contributed by atoms with E-state index in [2.05, 4.69) is 10.3 Å². The van der Waals surface area contributed by atoms with Crippen LogP contribution in [0.1, 0.15) is 55.4 Å². The molecule has 1 aromatic rings. The van der Waals surface area contributed by atoms with Crippen LogP contribution in [0.2, 0.25) is 0 Å². The summed E-state index contributed by atoms with van der Waals surface area (Å²) >= 11 is 0. The van der Waals surface area contributed by atoms with Crippen LogP contribution in [0.25, 0.3) is 0 Å². The number of pyridine rings is 1. The molecule has 0 radical (unpaired) electrons.